The molecule has 0 aliphatic rings. The second-order valence-corrected chi connectivity index (χ2v) is 6.09. The van der Waals surface area contributed by atoms with Gasteiger partial charge in [-0.1, -0.05) is 6.07 Å². The number of carbonyl (C=O) groups excluding carboxylic acids is 2. The third-order valence-corrected chi connectivity index (χ3v) is 4.18. The van der Waals surface area contributed by atoms with E-state index >= 15 is 0 Å². The van der Waals surface area contributed by atoms with Crippen LogP contribution in [-0.2, 0) is 0 Å². The van der Waals surface area contributed by atoms with Gasteiger partial charge in [-0.2, -0.15) is 0 Å². The third-order valence-electron chi connectivity index (χ3n) is 4.18. The highest BCUT2D eigenvalue weighted by Crippen LogP contribution is 2.14. The maximum Gasteiger partial charge on any atom is 0.275 e. The summed E-state index contributed by atoms with van der Waals surface area (Å²) in [5.74, 6) is -0.254. The van der Waals surface area contributed by atoms with Crippen molar-refractivity contribution in [3.8, 4) is 0 Å². The molecule has 0 radical (unpaired) electrons. The Morgan fingerprint density at radius 1 is 1.04 bits per heavy atom. The molecule has 0 saturated heterocycles. The molecule has 0 saturated carbocycles. The van der Waals surface area contributed by atoms with Gasteiger partial charge in [0.1, 0.15) is 6.26 Å². The molecule has 0 fully saturated rings. The minimum Gasteiger partial charge on any atom is -0.451 e. The Morgan fingerprint density at radius 2 is 1.81 bits per heavy atom. The molecule has 1 aromatic carbocycles. The van der Waals surface area contributed by atoms with Crippen molar-refractivity contribution in [1.29, 1.82) is 0 Å². The van der Waals surface area contributed by atoms with Gasteiger partial charge in [-0.3, -0.25) is 14.6 Å². The van der Waals surface area contributed by atoms with Crippen LogP contribution in [0.3, 0.4) is 0 Å². The van der Waals surface area contributed by atoms with Gasteiger partial charge in [0.15, 0.2) is 12.1 Å². The number of aromatic nitrogens is 2. The van der Waals surface area contributed by atoms with Crippen LogP contribution in [0.2, 0.25) is 0 Å². The summed E-state index contributed by atoms with van der Waals surface area (Å²) in [5, 5.41) is 0.935. The van der Waals surface area contributed by atoms with E-state index < -0.39 is 0 Å². The standard InChI is InChI=1S/C19H20N4O3/c1-22(9-4-10-23(2)19(25)17-12-26-13-21-17)18(24)15-6-7-16-14(11-15)5-3-8-20-16/h3,5-8,11-13H,4,9-10H2,1-2H3. The van der Waals surface area contributed by atoms with E-state index in [1.54, 1.807) is 36.2 Å². The molecule has 2 heterocycles. The molecule has 0 atom stereocenters. The number of amides is 2. The molecule has 0 aliphatic carbocycles. The summed E-state index contributed by atoms with van der Waals surface area (Å²) in [5.41, 5.74) is 1.77. The predicted molar refractivity (Wildman–Crippen MR) is 96.8 cm³/mol. The van der Waals surface area contributed by atoms with E-state index in [0.29, 0.717) is 25.1 Å². The summed E-state index contributed by atoms with van der Waals surface area (Å²) in [4.78, 5) is 36.0. The number of nitrogens with zero attached hydrogens (tertiary/aromatic N) is 4. The Bertz CT molecular complexity index is 908. The summed E-state index contributed by atoms with van der Waals surface area (Å²) < 4.78 is 4.82. The lowest BCUT2D eigenvalue weighted by Gasteiger charge is -2.20. The molecule has 0 aliphatic heterocycles. The molecule has 26 heavy (non-hydrogen) atoms. The van der Waals surface area contributed by atoms with Crippen LogP contribution in [0.15, 0.2) is 53.6 Å². The Hall–Kier alpha value is -3.22. The van der Waals surface area contributed by atoms with Gasteiger partial charge in [0, 0.05) is 44.3 Å². The second-order valence-electron chi connectivity index (χ2n) is 6.09. The molecule has 3 aromatic rings. The van der Waals surface area contributed by atoms with Gasteiger partial charge in [-0.15, -0.1) is 0 Å². The van der Waals surface area contributed by atoms with Crippen molar-refractivity contribution in [1.82, 2.24) is 19.8 Å². The zero-order chi connectivity index (χ0) is 18.5. The number of carbonyl (C=O) groups is 2. The van der Waals surface area contributed by atoms with Gasteiger partial charge in [0.2, 0.25) is 0 Å². The lowest BCUT2D eigenvalue weighted by Crippen LogP contribution is -2.32. The summed E-state index contributed by atoms with van der Waals surface area (Å²) in [6, 6.07) is 9.27. The molecule has 3 rings (SSSR count). The Morgan fingerprint density at radius 3 is 2.54 bits per heavy atom. The lowest BCUT2D eigenvalue weighted by atomic mass is 10.1. The van der Waals surface area contributed by atoms with E-state index in [1.165, 1.54) is 12.7 Å². The summed E-state index contributed by atoms with van der Waals surface area (Å²) in [6.07, 6.45) is 4.94. The van der Waals surface area contributed by atoms with Gasteiger partial charge in [-0.25, -0.2) is 4.98 Å². The molecule has 7 heteroatoms. The van der Waals surface area contributed by atoms with Crippen LogP contribution in [0.5, 0.6) is 0 Å². The van der Waals surface area contributed by atoms with Crippen molar-refractivity contribution in [2.75, 3.05) is 27.2 Å². The predicted octanol–water partition coefficient (Wildman–Crippen LogP) is 2.46. The fourth-order valence-corrected chi connectivity index (χ4v) is 2.69. The minimum atomic E-state index is -0.199. The first kappa shape index (κ1) is 17.6. The molecule has 0 unspecified atom stereocenters. The zero-order valence-corrected chi connectivity index (χ0v) is 14.8. The lowest BCUT2D eigenvalue weighted by molar-refractivity contribution is 0.0761. The minimum absolute atomic E-state index is 0.0544. The largest absolute Gasteiger partial charge is 0.451 e. The van der Waals surface area contributed by atoms with Crippen molar-refractivity contribution in [2.24, 2.45) is 0 Å². The van der Waals surface area contributed by atoms with E-state index in [1.807, 2.05) is 24.3 Å². The number of pyridine rings is 1. The van der Waals surface area contributed by atoms with E-state index in [-0.39, 0.29) is 17.5 Å². The summed E-state index contributed by atoms with van der Waals surface area (Å²) in [7, 11) is 3.46. The van der Waals surface area contributed by atoms with Gasteiger partial charge in [0.25, 0.3) is 11.8 Å². The number of hydrogen-bond donors (Lipinski definition) is 0. The topological polar surface area (TPSA) is 79.5 Å². The van der Waals surface area contributed by atoms with E-state index in [9.17, 15) is 9.59 Å². The Balaban J connectivity index is 1.54. The molecule has 134 valence electrons. The average Bonchev–Trinajstić information content (AvgIpc) is 3.20. The van der Waals surface area contributed by atoms with Gasteiger partial charge < -0.3 is 14.2 Å². The van der Waals surface area contributed by atoms with Crippen LogP contribution in [0.25, 0.3) is 10.9 Å². The van der Waals surface area contributed by atoms with Crippen molar-refractivity contribution in [3.63, 3.8) is 0 Å². The van der Waals surface area contributed by atoms with Crippen LogP contribution in [0, 0.1) is 0 Å². The second kappa shape index (κ2) is 7.77. The summed E-state index contributed by atoms with van der Waals surface area (Å²) >= 11 is 0. The van der Waals surface area contributed by atoms with Crippen LogP contribution >= 0.6 is 0 Å². The van der Waals surface area contributed by atoms with E-state index in [4.69, 9.17) is 4.42 Å². The average molecular weight is 352 g/mol. The monoisotopic (exact) mass is 352 g/mol. The van der Waals surface area contributed by atoms with Crippen molar-refractivity contribution in [2.45, 2.75) is 6.42 Å². The fraction of sp³-hybridized carbons (Fsp3) is 0.263. The number of rotatable bonds is 6. The first-order valence-electron chi connectivity index (χ1n) is 8.30. The maximum absolute atomic E-state index is 12.6. The van der Waals surface area contributed by atoms with Crippen molar-refractivity contribution in [3.05, 3.63) is 60.4 Å². The van der Waals surface area contributed by atoms with Crippen molar-refractivity contribution >= 4 is 22.7 Å². The maximum atomic E-state index is 12.6. The molecule has 0 N–H and O–H groups in total. The first-order chi connectivity index (χ1) is 12.6. The Kier molecular flexibility index (Phi) is 5.26. The molecule has 2 amide bonds. The van der Waals surface area contributed by atoms with Crippen LogP contribution in [0.1, 0.15) is 27.3 Å². The van der Waals surface area contributed by atoms with Gasteiger partial charge in [-0.05, 0) is 30.7 Å². The molecular formula is C19H20N4O3. The first-order valence-corrected chi connectivity index (χ1v) is 8.30. The number of fused-ring (bicyclic) bond motifs is 1. The normalized spacial score (nSPS) is 10.7. The summed E-state index contributed by atoms with van der Waals surface area (Å²) in [6.45, 7) is 1.06. The Labute approximate surface area is 151 Å². The highest BCUT2D eigenvalue weighted by molar-refractivity contribution is 5.97. The van der Waals surface area contributed by atoms with Gasteiger partial charge in [0.05, 0.1) is 5.52 Å². The van der Waals surface area contributed by atoms with Crippen molar-refractivity contribution < 1.29 is 14.0 Å². The highest BCUT2D eigenvalue weighted by Gasteiger charge is 2.16. The molecular weight excluding hydrogens is 332 g/mol. The molecule has 7 nitrogen and oxygen atoms in total. The fourth-order valence-electron chi connectivity index (χ4n) is 2.69. The number of hydrogen-bond acceptors (Lipinski definition) is 5. The molecule has 0 spiro atoms. The highest BCUT2D eigenvalue weighted by atomic mass is 16.3. The van der Waals surface area contributed by atoms with Crippen LogP contribution in [-0.4, -0.2) is 58.8 Å². The van der Waals surface area contributed by atoms with E-state index in [2.05, 4.69) is 9.97 Å². The number of benzene rings is 1. The molecule has 2 aromatic heterocycles. The number of oxazole rings is 1. The van der Waals surface area contributed by atoms with Crippen LogP contribution < -0.4 is 0 Å². The SMILES string of the molecule is CN(CCCN(C)C(=O)c1cocn1)C(=O)c1ccc2ncccc2c1. The third kappa shape index (κ3) is 3.88. The molecule has 0 bridgehead atoms. The smallest absolute Gasteiger partial charge is 0.275 e. The van der Waals surface area contributed by atoms with Crippen LogP contribution in [0.4, 0.5) is 0 Å². The zero-order valence-electron chi connectivity index (χ0n) is 14.8. The van der Waals surface area contributed by atoms with Gasteiger partial charge >= 0.3 is 0 Å². The quantitative estimate of drug-likeness (QED) is 0.681. The van der Waals surface area contributed by atoms with E-state index in [0.717, 1.165) is 10.9 Å².